The summed E-state index contributed by atoms with van der Waals surface area (Å²) < 4.78 is 45.0. The number of likely N-dealkylation sites (tertiary alicyclic amines) is 1. The van der Waals surface area contributed by atoms with Crippen molar-refractivity contribution >= 4 is 22.5 Å². The normalized spacial score (nSPS) is 17.1. The van der Waals surface area contributed by atoms with Gasteiger partial charge < -0.3 is 15.2 Å². The first-order valence-corrected chi connectivity index (χ1v) is 13.2. The number of pyridine rings is 2. The zero-order chi connectivity index (χ0) is 29.2. The van der Waals surface area contributed by atoms with E-state index in [0.717, 1.165) is 0 Å². The third-order valence-corrected chi connectivity index (χ3v) is 7.81. The quantitative estimate of drug-likeness (QED) is 0.284. The van der Waals surface area contributed by atoms with Crippen molar-refractivity contribution in [3.05, 3.63) is 75.3 Å². The van der Waals surface area contributed by atoms with Crippen LogP contribution in [0.5, 0.6) is 5.88 Å². The summed E-state index contributed by atoms with van der Waals surface area (Å²) in [4.78, 5) is 10.9. The van der Waals surface area contributed by atoms with Gasteiger partial charge in [-0.05, 0) is 75.2 Å². The van der Waals surface area contributed by atoms with E-state index in [-0.39, 0.29) is 38.2 Å². The van der Waals surface area contributed by atoms with Gasteiger partial charge in [-0.25, -0.2) is 10.5 Å². The summed E-state index contributed by atoms with van der Waals surface area (Å²) in [5.41, 5.74) is 9.38. The number of aryl methyl sites for hydroxylation is 2. The molecule has 0 spiro atoms. The van der Waals surface area contributed by atoms with Gasteiger partial charge in [-0.2, -0.15) is 18.3 Å². The van der Waals surface area contributed by atoms with Gasteiger partial charge in [0.1, 0.15) is 0 Å². The first kappa shape index (κ1) is 29.7. The molecule has 0 radical (unpaired) electrons. The van der Waals surface area contributed by atoms with E-state index in [1.807, 2.05) is 18.7 Å². The molecular weight excluding hydrogens is 545 g/mol. The van der Waals surface area contributed by atoms with Gasteiger partial charge in [0.05, 0.1) is 35.5 Å². The van der Waals surface area contributed by atoms with Gasteiger partial charge in [-0.3, -0.25) is 9.88 Å². The van der Waals surface area contributed by atoms with E-state index < -0.39 is 17.7 Å². The van der Waals surface area contributed by atoms with E-state index in [1.165, 1.54) is 13.3 Å². The van der Waals surface area contributed by atoms with Crippen molar-refractivity contribution in [3.63, 3.8) is 0 Å². The van der Waals surface area contributed by atoms with Crippen molar-refractivity contribution in [1.29, 1.82) is 5.53 Å². The van der Waals surface area contributed by atoms with Crippen LogP contribution in [-0.4, -0.2) is 53.4 Å². The topological polar surface area (TPSA) is 107 Å². The summed E-state index contributed by atoms with van der Waals surface area (Å²) in [5, 5.41) is 19.5. The molecule has 3 aromatic rings. The highest BCUT2D eigenvalue weighted by Gasteiger charge is 2.41. The summed E-state index contributed by atoms with van der Waals surface area (Å²) in [6.45, 7) is 4.47. The van der Waals surface area contributed by atoms with E-state index in [4.69, 9.17) is 21.9 Å². The highest BCUT2D eigenvalue weighted by Crippen LogP contribution is 2.41. The molecule has 2 aromatic heterocycles. The van der Waals surface area contributed by atoms with E-state index in [0.29, 0.717) is 49.9 Å². The number of benzene rings is 1. The Bertz CT molecular complexity index is 1420. The van der Waals surface area contributed by atoms with Crippen molar-refractivity contribution in [2.24, 2.45) is 11.0 Å². The fourth-order valence-corrected chi connectivity index (χ4v) is 5.63. The Balaban J connectivity index is 1.82. The van der Waals surface area contributed by atoms with E-state index >= 15 is 0 Å². The summed E-state index contributed by atoms with van der Waals surface area (Å²) in [7, 11) is 3.10. The number of fused-ring (bicyclic) bond motifs is 1. The molecule has 1 atom stereocenters. The Morgan fingerprint density at radius 2 is 1.82 bits per heavy atom. The molecule has 0 bridgehead atoms. The molecule has 3 heterocycles. The Hall–Kier alpha value is -3.28. The van der Waals surface area contributed by atoms with Crippen LogP contribution in [0.3, 0.4) is 0 Å². The molecule has 1 unspecified atom stereocenters. The van der Waals surface area contributed by atoms with Crippen LogP contribution in [0.25, 0.3) is 10.9 Å². The fourth-order valence-electron chi connectivity index (χ4n) is 5.34. The summed E-state index contributed by atoms with van der Waals surface area (Å²) in [6, 6.07) is 8.68. The minimum absolute atomic E-state index is 0.0204. The van der Waals surface area contributed by atoms with Crippen molar-refractivity contribution in [2.75, 3.05) is 27.2 Å². The van der Waals surface area contributed by atoms with Gasteiger partial charge in [-0.15, -0.1) is 0 Å². The van der Waals surface area contributed by atoms with Crippen LogP contribution in [0.15, 0.2) is 47.3 Å². The third kappa shape index (κ3) is 5.77. The number of nitrogens with one attached hydrogen (secondary N) is 2. The number of hydrogen-bond acceptors (Lipinski definition) is 8. The molecular formula is C28H32ClF3N6O2. The smallest absolute Gasteiger partial charge is 0.391 e. The first-order valence-electron chi connectivity index (χ1n) is 12.8. The minimum Gasteiger partial charge on any atom is -0.481 e. The molecule has 1 aliphatic rings. The van der Waals surface area contributed by atoms with Crippen molar-refractivity contribution in [1.82, 2.24) is 20.2 Å². The number of alkyl halides is 3. The van der Waals surface area contributed by atoms with Crippen LogP contribution in [0.2, 0.25) is 5.02 Å². The monoisotopic (exact) mass is 576 g/mol. The summed E-state index contributed by atoms with van der Waals surface area (Å²) in [6.07, 6.45) is -2.92. The van der Waals surface area contributed by atoms with Crippen LogP contribution in [0, 0.1) is 25.3 Å². The lowest BCUT2D eigenvalue weighted by Crippen LogP contribution is -2.38. The Morgan fingerprint density at radius 1 is 1.18 bits per heavy atom. The number of hydrogen-bond donors (Lipinski definition) is 3. The van der Waals surface area contributed by atoms with E-state index in [1.54, 1.807) is 37.4 Å². The van der Waals surface area contributed by atoms with Gasteiger partial charge in [0, 0.05) is 35.9 Å². The Kier molecular flexibility index (Phi) is 8.67. The number of nitrogens with zero attached hydrogens (tertiary/aromatic N) is 4. The van der Waals surface area contributed by atoms with E-state index in [9.17, 15) is 18.3 Å². The van der Waals surface area contributed by atoms with Crippen molar-refractivity contribution in [3.8, 4) is 5.88 Å². The summed E-state index contributed by atoms with van der Waals surface area (Å²) >= 11 is 6.94. The molecule has 12 heteroatoms. The molecule has 8 nitrogen and oxygen atoms in total. The second-order valence-electron chi connectivity index (χ2n) is 10.0. The number of aliphatic hydroxyl groups is 1. The number of rotatable bonds is 8. The molecule has 1 fully saturated rings. The number of likely N-dealkylation sites (N-methyl/N-ethyl adjacent to an activating group) is 1. The fraction of sp³-hybridized carbons (Fsp3) is 0.429. The van der Waals surface area contributed by atoms with Crippen LogP contribution in [-0.2, 0) is 12.1 Å². The Morgan fingerprint density at radius 3 is 2.38 bits per heavy atom. The van der Waals surface area contributed by atoms with Crippen molar-refractivity contribution < 1.29 is 23.0 Å². The maximum Gasteiger partial charge on any atom is 0.391 e. The standard InChI is InChI=1S/C28H32ClF3N6O2/c1-16-11-20(12-17(2)36-16)27(39,24(34-3)14-35-33)19-5-6-23-21(13-19)25(29)22(26(37-23)40-4)15-38-9-7-18(8-10-38)28(30,31)32/h5-6,11-14,18,33-34,39H,7-10,15H2,1-4H3/b24-14-,35-33?. The maximum absolute atomic E-state index is 13.2. The number of halogens is 4. The lowest BCUT2D eigenvalue weighted by Gasteiger charge is -2.33. The number of aromatic nitrogens is 2. The zero-order valence-electron chi connectivity index (χ0n) is 22.7. The molecule has 40 heavy (non-hydrogen) atoms. The number of piperidine rings is 1. The second-order valence-corrected chi connectivity index (χ2v) is 10.4. The maximum atomic E-state index is 13.2. The average Bonchev–Trinajstić information content (AvgIpc) is 2.91. The lowest BCUT2D eigenvalue weighted by atomic mass is 9.82. The van der Waals surface area contributed by atoms with Crippen molar-refractivity contribution in [2.45, 2.75) is 45.0 Å². The largest absolute Gasteiger partial charge is 0.481 e. The Labute approximate surface area is 235 Å². The molecule has 3 N–H and O–H groups in total. The van der Waals surface area contributed by atoms with Crippen LogP contribution >= 0.6 is 11.6 Å². The average molecular weight is 577 g/mol. The molecule has 0 amide bonds. The first-order chi connectivity index (χ1) is 18.9. The lowest BCUT2D eigenvalue weighted by molar-refractivity contribution is -0.185. The van der Waals surface area contributed by atoms with Crippen LogP contribution < -0.4 is 10.1 Å². The second kappa shape index (κ2) is 11.7. The van der Waals surface area contributed by atoms with Gasteiger partial charge in [-0.1, -0.05) is 17.7 Å². The van der Waals surface area contributed by atoms with Gasteiger partial charge in [0.25, 0.3) is 0 Å². The molecule has 214 valence electrons. The van der Waals surface area contributed by atoms with Gasteiger partial charge >= 0.3 is 6.18 Å². The van der Waals surface area contributed by atoms with Crippen LogP contribution in [0.4, 0.5) is 13.2 Å². The third-order valence-electron chi connectivity index (χ3n) is 7.37. The molecule has 1 aromatic carbocycles. The molecule has 1 saturated heterocycles. The SMILES string of the molecule is CN/C(=C\N=N)C(O)(c1cc(C)nc(C)c1)c1ccc2nc(OC)c(CN3CCC(C(F)(F)F)CC3)c(Cl)c2c1. The minimum atomic E-state index is -4.20. The molecule has 0 aliphatic carbocycles. The molecule has 4 rings (SSSR count). The number of ether oxygens (including phenoxy) is 1. The zero-order valence-corrected chi connectivity index (χ0v) is 23.5. The van der Waals surface area contributed by atoms with Crippen LogP contribution in [0.1, 0.15) is 40.9 Å². The van der Waals surface area contributed by atoms with Gasteiger partial charge in [0.2, 0.25) is 5.88 Å². The molecule has 1 aliphatic heterocycles. The summed E-state index contributed by atoms with van der Waals surface area (Å²) in [5.74, 6) is -1.01. The van der Waals surface area contributed by atoms with E-state index in [2.05, 4.69) is 20.4 Å². The predicted octanol–water partition coefficient (Wildman–Crippen LogP) is 6.01. The highest BCUT2D eigenvalue weighted by atomic mass is 35.5. The highest BCUT2D eigenvalue weighted by molar-refractivity contribution is 6.36. The number of methoxy groups -OCH3 is 1. The van der Waals surface area contributed by atoms with Gasteiger partial charge in [0.15, 0.2) is 5.60 Å². The molecule has 0 saturated carbocycles. The predicted molar refractivity (Wildman–Crippen MR) is 146 cm³/mol.